The molecule has 2 aromatic rings. The number of nitrogens with two attached hydrogens (primary N) is 1. The molecule has 0 fully saturated rings. The fourth-order valence-electron chi connectivity index (χ4n) is 2.01. The van der Waals surface area contributed by atoms with Gasteiger partial charge in [0, 0.05) is 12.1 Å². The molecule has 0 amide bonds. The predicted molar refractivity (Wildman–Crippen MR) is 76.0 cm³/mol. The van der Waals surface area contributed by atoms with Crippen LogP contribution in [-0.4, -0.2) is 17.1 Å². The fraction of sp³-hybridized carbons (Fsp3) is 0.333. The van der Waals surface area contributed by atoms with Crippen LogP contribution in [0.4, 0.5) is 0 Å². The van der Waals surface area contributed by atoms with E-state index in [1.54, 1.807) is 13.4 Å². The van der Waals surface area contributed by atoms with E-state index in [4.69, 9.17) is 10.5 Å². The second-order valence-corrected chi connectivity index (χ2v) is 4.71. The van der Waals surface area contributed by atoms with Crippen molar-refractivity contribution in [2.75, 3.05) is 7.11 Å². The van der Waals surface area contributed by atoms with Gasteiger partial charge in [-0.2, -0.15) is 0 Å². The van der Waals surface area contributed by atoms with Crippen molar-refractivity contribution in [3.8, 4) is 17.0 Å². The summed E-state index contributed by atoms with van der Waals surface area (Å²) in [5, 5.41) is 0. The Bertz CT molecular complexity index is 567. The van der Waals surface area contributed by atoms with E-state index in [9.17, 15) is 0 Å². The van der Waals surface area contributed by atoms with E-state index in [2.05, 4.69) is 29.9 Å². The summed E-state index contributed by atoms with van der Waals surface area (Å²) in [5.41, 5.74) is 9.57. The van der Waals surface area contributed by atoms with Crippen molar-refractivity contribution in [1.82, 2.24) is 9.97 Å². The molecule has 1 heterocycles. The minimum Gasteiger partial charge on any atom is -0.496 e. The molecule has 2 rings (SSSR count). The summed E-state index contributed by atoms with van der Waals surface area (Å²) < 4.78 is 5.39. The molecule has 0 saturated heterocycles. The lowest BCUT2D eigenvalue weighted by molar-refractivity contribution is 0.407. The van der Waals surface area contributed by atoms with Crippen LogP contribution in [0.25, 0.3) is 11.3 Å². The number of methoxy groups -OCH3 is 1. The zero-order chi connectivity index (χ0) is 13.8. The molecule has 0 aliphatic carbocycles. The minimum atomic E-state index is 0.394. The van der Waals surface area contributed by atoms with Gasteiger partial charge in [0.1, 0.15) is 12.1 Å². The van der Waals surface area contributed by atoms with E-state index in [0.29, 0.717) is 12.5 Å². The van der Waals surface area contributed by atoms with Crippen LogP contribution in [0, 0.1) is 0 Å². The molecule has 100 valence electrons. The van der Waals surface area contributed by atoms with Gasteiger partial charge in [-0.1, -0.05) is 13.8 Å². The molecule has 0 radical (unpaired) electrons. The first kappa shape index (κ1) is 13.5. The molecule has 4 nitrogen and oxygen atoms in total. The molecular formula is C15H19N3O. The van der Waals surface area contributed by atoms with E-state index in [-0.39, 0.29) is 0 Å². The molecule has 1 aromatic heterocycles. The number of ether oxygens (including phenoxy) is 1. The number of hydrogen-bond donors (Lipinski definition) is 1. The molecule has 0 atom stereocenters. The Morgan fingerprint density at radius 3 is 2.63 bits per heavy atom. The molecule has 1 aromatic carbocycles. The molecule has 0 saturated carbocycles. The summed E-state index contributed by atoms with van der Waals surface area (Å²) in [5.74, 6) is 1.30. The first-order valence-corrected chi connectivity index (χ1v) is 6.35. The third-order valence-electron chi connectivity index (χ3n) is 3.08. The smallest absolute Gasteiger partial charge is 0.122 e. The first-order chi connectivity index (χ1) is 9.15. The average molecular weight is 257 g/mol. The lowest BCUT2D eigenvalue weighted by atomic mass is 9.98. The maximum absolute atomic E-state index is 5.61. The number of nitrogens with zero attached hydrogens (tertiary/aromatic N) is 2. The van der Waals surface area contributed by atoms with Gasteiger partial charge in [0.15, 0.2) is 0 Å². The highest BCUT2D eigenvalue weighted by Crippen LogP contribution is 2.30. The summed E-state index contributed by atoms with van der Waals surface area (Å²) in [6, 6.07) is 8.03. The van der Waals surface area contributed by atoms with Gasteiger partial charge in [-0.25, -0.2) is 9.97 Å². The second-order valence-electron chi connectivity index (χ2n) is 4.71. The van der Waals surface area contributed by atoms with E-state index in [1.807, 2.05) is 18.2 Å². The number of hydrogen-bond acceptors (Lipinski definition) is 4. The van der Waals surface area contributed by atoms with Gasteiger partial charge in [-0.3, -0.25) is 0 Å². The lowest BCUT2D eigenvalue weighted by Gasteiger charge is -2.13. The Morgan fingerprint density at radius 2 is 2.00 bits per heavy atom. The largest absolute Gasteiger partial charge is 0.496 e. The molecular weight excluding hydrogens is 238 g/mol. The quantitative estimate of drug-likeness (QED) is 0.914. The van der Waals surface area contributed by atoms with Gasteiger partial charge < -0.3 is 10.5 Å². The Labute approximate surface area is 113 Å². The average Bonchev–Trinajstić information content (AvgIpc) is 2.46. The summed E-state index contributed by atoms with van der Waals surface area (Å²) in [7, 11) is 1.69. The maximum Gasteiger partial charge on any atom is 0.122 e. The maximum atomic E-state index is 5.61. The van der Waals surface area contributed by atoms with Crippen LogP contribution in [0.1, 0.15) is 31.0 Å². The zero-order valence-electron chi connectivity index (χ0n) is 11.6. The van der Waals surface area contributed by atoms with E-state index < -0.39 is 0 Å². The fourth-order valence-corrected chi connectivity index (χ4v) is 2.01. The highest BCUT2D eigenvalue weighted by molar-refractivity contribution is 5.62. The molecule has 4 heteroatoms. The molecule has 19 heavy (non-hydrogen) atoms. The van der Waals surface area contributed by atoms with Crippen molar-refractivity contribution in [1.29, 1.82) is 0 Å². The van der Waals surface area contributed by atoms with Crippen molar-refractivity contribution in [3.63, 3.8) is 0 Å². The lowest BCUT2D eigenvalue weighted by Crippen LogP contribution is -2.01. The Hall–Kier alpha value is -1.94. The summed E-state index contributed by atoms with van der Waals surface area (Å²) in [6.45, 7) is 4.71. The van der Waals surface area contributed by atoms with Gasteiger partial charge in [-0.15, -0.1) is 0 Å². The minimum absolute atomic E-state index is 0.394. The van der Waals surface area contributed by atoms with Gasteiger partial charge >= 0.3 is 0 Å². The van der Waals surface area contributed by atoms with Crippen LogP contribution in [0.5, 0.6) is 5.75 Å². The van der Waals surface area contributed by atoms with E-state index >= 15 is 0 Å². The summed E-state index contributed by atoms with van der Waals surface area (Å²) in [6.07, 6.45) is 1.55. The monoisotopic (exact) mass is 257 g/mol. The molecule has 0 aliphatic heterocycles. The highest BCUT2D eigenvalue weighted by Gasteiger charge is 2.10. The Morgan fingerprint density at radius 1 is 1.21 bits per heavy atom. The predicted octanol–water partition coefficient (Wildman–Crippen LogP) is 2.73. The van der Waals surface area contributed by atoms with Crippen molar-refractivity contribution >= 4 is 0 Å². The van der Waals surface area contributed by atoms with Crippen LogP contribution < -0.4 is 10.5 Å². The van der Waals surface area contributed by atoms with Crippen LogP contribution in [0.3, 0.4) is 0 Å². The van der Waals surface area contributed by atoms with Crippen LogP contribution in [-0.2, 0) is 6.54 Å². The van der Waals surface area contributed by atoms with Crippen LogP contribution in [0.15, 0.2) is 30.6 Å². The first-order valence-electron chi connectivity index (χ1n) is 6.35. The van der Waals surface area contributed by atoms with E-state index in [0.717, 1.165) is 22.7 Å². The molecule has 0 aliphatic rings. The van der Waals surface area contributed by atoms with Crippen molar-refractivity contribution in [3.05, 3.63) is 41.9 Å². The standard InChI is InChI=1S/C15H19N3O/c1-10(2)13-6-11(4-5-15(13)19-3)14-7-12(8-16)17-9-18-14/h4-7,9-10H,8,16H2,1-3H3. The van der Waals surface area contributed by atoms with Gasteiger partial charge in [-0.05, 0) is 35.7 Å². The van der Waals surface area contributed by atoms with Crippen molar-refractivity contribution in [2.24, 2.45) is 5.73 Å². The topological polar surface area (TPSA) is 61.0 Å². The Balaban J connectivity index is 2.47. The van der Waals surface area contributed by atoms with Crippen LogP contribution >= 0.6 is 0 Å². The van der Waals surface area contributed by atoms with E-state index in [1.165, 1.54) is 5.56 Å². The third-order valence-corrected chi connectivity index (χ3v) is 3.08. The Kier molecular flexibility index (Phi) is 4.12. The zero-order valence-corrected chi connectivity index (χ0v) is 11.6. The highest BCUT2D eigenvalue weighted by atomic mass is 16.5. The second kappa shape index (κ2) is 5.80. The van der Waals surface area contributed by atoms with Crippen molar-refractivity contribution < 1.29 is 4.74 Å². The van der Waals surface area contributed by atoms with Crippen LogP contribution in [0.2, 0.25) is 0 Å². The van der Waals surface area contributed by atoms with Gasteiger partial charge in [0.25, 0.3) is 0 Å². The number of rotatable bonds is 4. The van der Waals surface area contributed by atoms with Gasteiger partial charge in [0.2, 0.25) is 0 Å². The van der Waals surface area contributed by atoms with Crippen molar-refractivity contribution in [2.45, 2.75) is 26.3 Å². The number of benzene rings is 1. The summed E-state index contributed by atoms with van der Waals surface area (Å²) in [4.78, 5) is 8.42. The molecule has 0 unspecified atom stereocenters. The molecule has 0 bridgehead atoms. The third kappa shape index (κ3) is 2.90. The SMILES string of the molecule is COc1ccc(-c2cc(CN)ncn2)cc1C(C)C. The number of aromatic nitrogens is 2. The molecule has 0 spiro atoms. The van der Waals surface area contributed by atoms with Gasteiger partial charge in [0.05, 0.1) is 18.5 Å². The normalized spacial score (nSPS) is 10.8. The molecule has 2 N–H and O–H groups in total. The summed E-state index contributed by atoms with van der Waals surface area (Å²) >= 11 is 0.